The van der Waals surface area contributed by atoms with Crippen LogP contribution in [0.1, 0.15) is 6.42 Å². The highest BCUT2D eigenvalue weighted by atomic mass is 16.5. The minimum atomic E-state index is 0.650. The molecule has 6 nitrogen and oxygen atoms in total. The van der Waals surface area contributed by atoms with Crippen molar-refractivity contribution in [2.75, 3.05) is 62.3 Å². The topological polar surface area (TPSA) is 44.7 Å². The largest absolute Gasteiger partial charge is 0.378 e. The van der Waals surface area contributed by atoms with Gasteiger partial charge >= 0.3 is 0 Å². The molecule has 3 aliphatic heterocycles. The number of aromatic nitrogens is 2. The van der Waals surface area contributed by atoms with E-state index in [4.69, 9.17) is 4.74 Å². The molecule has 1 aromatic heterocycles. The molecule has 2 fully saturated rings. The Hall–Kier alpha value is -1.66. The number of morpholine rings is 1. The number of hydrogen-bond donors (Lipinski definition) is 0. The van der Waals surface area contributed by atoms with Crippen molar-refractivity contribution in [3.8, 4) is 0 Å². The molecule has 3 aliphatic rings. The summed E-state index contributed by atoms with van der Waals surface area (Å²) >= 11 is 0. The lowest BCUT2D eigenvalue weighted by molar-refractivity contribution is 0.122. The molecule has 2 saturated heterocycles. The Morgan fingerprint density at radius 3 is 2.45 bits per heavy atom. The molecule has 4 heterocycles. The summed E-state index contributed by atoms with van der Waals surface area (Å²) < 4.78 is 5.42. The highest BCUT2D eigenvalue weighted by Gasteiger charge is 2.29. The first kappa shape index (κ1) is 14.0. The van der Waals surface area contributed by atoms with Gasteiger partial charge in [0.25, 0.3) is 0 Å². The number of nitrogens with zero attached hydrogens (tertiary/aromatic N) is 5. The Balaban J connectivity index is 1.44. The standard InChI is InChI=1S/C16H23N5O/c1-2-5-19(4-1)14-3-6-21(12-14)16-11-15(17-13-18-16)20-7-9-22-10-8-20/h1-2,11,13-14H,3-10,12H2. The first-order valence-electron chi connectivity index (χ1n) is 8.19. The Morgan fingerprint density at radius 1 is 0.955 bits per heavy atom. The molecule has 0 N–H and O–H groups in total. The minimum absolute atomic E-state index is 0.650. The van der Waals surface area contributed by atoms with E-state index >= 15 is 0 Å². The molecule has 118 valence electrons. The quantitative estimate of drug-likeness (QED) is 0.768. The van der Waals surface area contributed by atoms with Crippen LogP contribution < -0.4 is 9.80 Å². The van der Waals surface area contributed by atoms with Gasteiger partial charge in [-0.05, 0) is 6.42 Å². The molecule has 0 bridgehead atoms. The summed E-state index contributed by atoms with van der Waals surface area (Å²) in [6, 6.07) is 2.78. The van der Waals surface area contributed by atoms with Gasteiger partial charge < -0.3 is 14.5 Å². The molecule has 0 spiro atoms. The van der Waals surface area contributed by atoms with Crippen molar-refractivity contribution in [2.45, 2.75) is 12.5 Å². The number of rotatable bonds is 3. The van der Waals surface area contributed by atoms with Crippen molar-refractivity contribution >= 4 is 11.6 Å². The van der Waals surface area contributed by atoms with Gasteiger partial charge in [-0.3, -0.25) is 4.90 Å². The minimum Gasteiger partial charge on any atom is -0.378 e. The number of ether oxygens (including phenoxy) is 1. The van der Waals surface area contributed by atoms with E-state index in [2.05, 4.69) is 42.9 Å². The Bertz CT molecular complexity index is 535. The van der Waals surface area contributed by atoms with Crippen molar-refractivity contribution in [1.82, 2.24) is 14.9 Å². The Labute approximate surface area is 131 Å². The third-order valence-electron chi connectivity index (χ3n) is 4.82. The van der Waals surface area contributed by atoms with E-state index < -0.39 is 0 Å². The Kier molecular flexibility index (Phi) is 3.95. The zero-order valence-corrected chi connectivity index (χ0v) is 12.9. The van der Waals surface area contributed by atoms with Crippen LogP contribution in [0, 0.1) is 0 Å². The third kappa shape index (κ3) is 2.80. The maximum Gasteiger partial charge on any atom is 0.134 e. The van der Waals surface area contributed by atoms with Gasteiger partial charge in [-0.15, -0.1) is 0 Å². The van der Waals surface area contributed by atoms with E-state index in [1.54, 1.807) is 6.33 Å². The number of anilines is 2. The monoisotopic (exact) mass is 301 g/mol. The summed E-state index contributed by atoms with van der Waals surface area (Å²) in [4.78, 5) is 16.2. The molecule has 0 aliphatic carbocycles. The van der Waals surface area contributed by atoms with Crippen molar-refractivity contribution in [1.29, 1.82) is 0 Å². The predicted octanol–water partition coefficient (Wildman–Crippen LogP) is 0.764. The van der Waals surface area contributed by atoms with Crippen LogP contribution >= 0.6 is 0 Å². The normalized spacial score (nSPS) is 26.1. The maximum absolute atomic E-state index is 5.42. The third-order valence-corrected chi connectivity index (χ3v) is 4.82. The smallest absolute Gasteiger partial charge is 0.134 e. The molecule has 1 atom stereocenters. The lowest BCUT2D eigenvalue weighted by atomic mass is 10.2. The van der Waals surface area contributed by atoms with Gasteiger partial charge in [0.15, 0.2) is 0 Å². The van der Waals surface area contributed by atoms with Gasteiger partial charge in [0, 0.05) is 51.4 Å². The molecule has 6 heteroatoms. The molecule has 22 heavy (non-hydrogen) atoms. The summed E-state index contributed by atoms with van der Waals surface area (Å²) in [7, 11) is 0. The van der Waals surface area contributed by atoms with E-state index in [0.717, 1.165) is 64.1 Å². The SMILES string of the molecule is C1=CCN(C2CCN(c3cc(N4CCOCC4)ncn3)C2)C1. The van der Waals surface area contributed by atoms with Gasteiger partial charge in [-0.25, -0.2) is 9.97 Å². The van der Waals surface area contributed by atoms with Crippen molar-refractivity contribution in [3.05, 3.63) is 24.5 Å². The summed E-state index contributed by atoms with van der Waals surface area (Å²) in [6.45, 7) is 7.75. The zero-order valence-electron chi connectivity index (χ0n) is 12.9. The molecule has 0 radical (unpaired) electrons. The fourth-order valence-corrected chi connectivity index (χ4v) is 3.52. The van der Waals surface area contributed by atoms with Crippen molar-refractivity contribution in [3.63, 3.8) is 0 Å². The van der Waals surface area contributed by atoms with Gasteiger partial charge in [-0.2, -0.15) is 0 Å². The highest BCUT2D eigenvalue weighted by Crippen LogP contribution is 2.24. The second-order valence-corrected chi connectivity index (χ2v) is 6.15. The van der Waals surface area contributed by atoms with Crippen molar-refractivity contribution < 1.29 is 4.74 Å². The van der Waals surface area contributed by atoms with Crippen LogP contribution in [0.25, 0.3) is 0 Å². The van der Waals surface area contributed by atoms with E-state index in [0.29, 0.717) is 6.04 Å². The van der Waals surface area contributed by atoms with Crippen LogP contribution in [0.5, 0.6) is 0 Å². The van der Waals surface area contributed by atoms with Gasteiger partial charge in [0.05, 0.1) is 13.2 Å². The van der Waals surface area contributed by atoms with Crippen LogP contribution in [0.4, 0.5) is 11.6 Å². The second kappa shape index (κ2) is 6.22. The fraction of sp³-hybridized carbons (Fsp3) is 0.625. The average Bonchev–Trinajstić information content (AvgIpc) is 3.27. The van der Waals surface area contributed by atoms with Crippen LogP contribution in [0.3, 0.4) is 0 Å². The number of hydrogen-bond acceptors (Lipinski definition) is 6. The lowest BCUT2D eigenvalue weighted by Crippen LogP contribution is -2.37. The maximum atomic E-state index is 5.42. The van der Waals surface area contributed by atoms with E-state index in [1.807, 2.05) is 0 Å². The van der Waals surface area contributed by atoms with Crippen LogP contribution in [0.2, 0.25) is 0 Å². The summed E-state index contributed by atoms with van der Waals surface area (Å²) in [6.07, 6.45) is 7.46. The highest BCUT2D eigenvalue weighted by molar-refractivity contribution is 5.51. The van der Waals surface area contributed by atoms with Gasteiger partial charge in [-0.1, -0.05) is 12.2 Å². The molecule has 1 unspecified atom stereocenters. The van der Waals surface area contributed by atoms with Gasteiger partial charge in [0.1, 0.15) is 18.0 Å². The molecular weight excluding hydrogens is 278 g/mol. The zero-order chi connectivity index (χ0) is 14.8. The van der Waals surface area contributed by atoms with Crippen molar-refractivity contribution in [2.24, 2.45) is 0 Å². The molecule has 0 saturated carbocycles. The first-order valence-corrected chi connectivity index (χ1v) is 8.19. The van der Waals surface area contributed by atoms with Crippen LogP contribution in [0.15, 0.2) is 24.5 Å². The molecule has 0 amide bonds. The van der Waals surface area contributed by atoms with Crippen LogP contribution in [-0.4, -0.2) is 73.4 Å². The van der Waals surface area contributed by atoms with E-state index in [1.165, 1.54) is 6.42 Å². The predicted molar refractivity (Wildman–Crippen MR) is 86.4 cm³/mol. The summed E-state index contributed by atoms with van der Waals surface area (Å²) in [5, 5.41) is 0. The fourth-order valence-electron chi connectivity index (χ4n) is 3.52. The molecule has 0 aromatic carbocycles. The first-order chi connectivity index (χ1) is 10.9. The second-order valence-electron chi connectivity index (χ2n) is 6.15. The van der Waals surface area contributed by atoms with Gasteiger partial charge in [0.2, 0.25) is 0 Å². The van der Waals surface area contributed by atoms with E-state index in [-0.39, 0.29) is 0 Å². The van der Waals surface area contributed by atoms with Crippen LogP contribution in [-0.2, 0) is 4.74 Å². The average molecular weight is 301 g/mol. The molecule has 4 rings (SSSR count). The summed E-state index contributed by atoms with van der Waals surface area (Å²) in [5.74, 6) is 2.09. The lowest BCUT2D eigenvalue weighted by Gasteiger charge is -2.28. The van der Waals surface area contributed by atoms with E-state index in [9.17, 15) is 0 Å². The Morgan fingerprint density at radius 2 is 1.68 bits per heavy atom. The molecular formula is C16H23N5O. The molecule has 1 aromatic rings. The summed E-state index contributed by atoms with van der Waals surface area (Å²) in [5.41, 5.74) is 0.